The molecule has 0 aromatic heterocycles. The monoisotopic (exact) mass is 364 g/mol. The maximum Gasteiger partial charge on any atom is 0.416 e. The van der Waals surface area contributed by atoms with E-state index in [0.29, 0.717) is 0 Å². The highest BCUT2D eigenvalue weighted by Crippen LogP contribution is 2.30. The van der Waals surface area contributed by atoms with Crippen molar-refractivity contribution in [1.82, 2.24) is 5.43 Å². The van der Waals surface area contributed by atoms with Crippen LogP contribution >= 0.6 is 0 Å². The smallest absolute Gasteiger partial charge is 0.378 e. The van der Waals surface area contributed by atoms with Crippen molar-refractivity contribution in [3.05, 3.63) is 59.7 Å². The van der Waals surface area contributed by atoms with E-state index in [1.165, 1.54) is 18.3 Å². The zero-order valence-corrected chi connectivity index (χ0v) is 14.3. The Labute approximate surface area is 149 Å². The van der Waals surface area contributed by atoms with E-state index in [2.05, 4.69) is 15.8 Å². The van der Waals surface area contributed by atoms with E-state index in [0.717, 1.165) is 23.4 Å². The molecule has 0 bridgehead atoms. The Hall–Kier alpha value is -3.03. The first kappa shape index (κ1) is 19.3. The quantitative estimate of drug-likeness (QED) is 0.611. The zero-order valence-electron chi connectivity index (χ0n) is 14.3. The van der Waals surface area contributed by atoms with Crippen LogP contribution < -0.4 is 15.6 Å². The van der Waals surface area contributed by atoms with Crippen LogP contribution in [-0.2, 0) is 11.0 Å². The minimum absolute atomic E-state index is 0.196. The molecule has 5 nitrogen and oxygen atoms in total. The van der Waals surface area contributed by atoms with Crippen LogP contribution in [-0.4, -0.2) is 32.8 Å². The van der Waals surface area contributed by atoms with Gasteiger partial charge in [0.25, 0.3) is 5.91 Å². The van der Waals surface area contributed by atoms with Crippen LogP contribution in [0.5, 0.6) is 0 Å². The fourth-order valence-corrected chi connectivity index (χ4v) is 2.06. The Morgan fingerprint density at radius 3 is 2.46 bits per heavy atom. The van der Waals surface area contributed by atoms with E-state index in [9.17, 15) is 18.0 Å². The fourth-order valence-electron chi connectivity index (χ4n) is 2.06. The topological polar surface area (TPSA) is 56.7 Å². The van der Waals surface area contributed by atoms with Gasteiger partial charge in [0.1, 0.15) is 0 Å². The molecule has 2 rings (SSSR count). The summed E-state index contributed by atoms with van der Waals surface area (Å²) < 4.78 is 37.9. The summed E-state index contributed by atoms with van der Waals surface area (Å²) in [5, 5.41) is 6.46. The number of hydrogen-bond acceptors (Lipinski definition) is 4. The van der Waals surface area contributed by atoms with Gasteiger partial charge in [-0.1, -0.05) is 18.2 Å². The minimum Gasteiger partial charge on any atom is -0.378 e. The molecule has 0 radical (unpaired) electrons. The van der Waals surface area contributed by atoms with Crippen molar-refractivity contribution in [2.75, 3.05) is 30.9 Å². The van der Waals surface area contributed by atoms with Crippen LogP contribution in [0.3, 0.4) is 0 Å². The van der Waals surface area contributed by atoms with E-state index in [4.69, 9.17) is 0 Å². The van der Waals surface area contributed by atoms with Gasteiger partial charge >= 0.3 is 6.18 Å². The summed E-state index contributed by atoms with van der Waals surface area (Å²) in [7, 11) is 3.86. The predicted octanol–water partition coefficient (Wildman–Crippen LogP) is 3.33. The van der Waals surface area contributed by atoms with E-state index < -0.39 is 17.6 Å². The first-order valence-corrected chi connectivity index (χ1v) is 7.76. The number of hydrogen-bond donors (Lipinski definition) is 2. The normalized spacial score (nSPS) is 11.4. The van der Waals surface area contributed by atoms with E-state index >= 15 is 0 Å². The lowest BCUT2D eigenvalue weighted by Crippen LogP contribution is -2.26. The Morgan fingerprint density at radius 1 is 1.15 bits per heavy atom. The van der Waals surface area contributed by atoms with Crippen molar-refractivity contribution in [1.29, 1.82) is 0 Å². The summed E-state index contributed by atoms with van der Waals surface area (Å²) in [6, 6.07) is 12.2. The van der Waals surface area contributed by atoms with Gasteiger partial charge in [0.05, 0.1) is 18.3 Å². The highest BCUT2D eigenvalue weighted by atomic mass is 19.4. The molecule has 0 aliphatic carbocycles. The fraction of sp³-hybridized carbons (Fsp3) is 0.222. The van der Waals surface area contributed by atoms with Gasteiger partial charge in [0.2, 0.25) is 0 Å². The SMILES string of the molecule is CN(C)c1ccc(/C=N\NC(=O)CNc2cccc(C(F)(F)F)c2)cc1. The Kier molecular flexibility index (Phi) is 6.21. The van der Waals surface area contributed by atoms with Crippen molar-refractivity contribution in [3.63, 3.8) is 0 Å². The van der Waals surface area contributed by atoms with Crippen LogP contribution in [0.1, 0.15) is 11.1 Å². The third kappa shape index (κ3) is 5.80. The van der Waals surface area contributed by atoms with Crippen LogP contribution in [0.15, 0.2) is 53.6 Å². The number of carbonyl (C=O) groups excluding carboxylic acids is 1. The highest BCUT2D eigenvalue weighted by Gasteiger charge is 2.30. The second kappa shape index (κ2) is 8.37. The number of hydrazone groups is 1. The molecule has 26 heavy (non-hydrogen) atoms. The number of nitrogens with zero attached hydrogens (tertiary/aromatic N) is 2. The van der Waals surface area contributed by atoms with Gasteiger partial charge in [0.15, 0.2) is 0 Å². The van der Waals surface area contributed by atoms with Crippen molar-refractivity contribution in [2.45, 2.75) is 6.18 Å². The van der Waals surface area contributed by atoms with Gasteiger partial charge in [-0.25, -0.2) is 5.43 Å². The first-order valence-electron chi connectivity index (χ1n) is 7.76. The number of alkyl halides is 3. The summed E-state index contributed by atoms with van der Waals surface area (Å²) in [6.07, 6.45) is -2.94. The predicted molar refractivity (Wildman–Crippen MR) is 96.4 cm³/mol. The van der Waals surface area contributed by atoms with Crippen LogP contribution in [0.25, 0.3) is 0 Å². The van der Waals surface area contributed by atoms with Crippen LogP contribution in [0.4, 0.5) is 24.5 Å². The average Bonchev–Trinajstić information content (AvgIpc) is 2.60. The Morgan fingerprint density at radius 2 is 1.85 bits per heavy atom. The molecule has 0 unspecified atom stereocenters. The lowest BCUT2D eigenvalue weighted by atomic mass is 10.2. The number of rotatable bonds is 6. The van der Waals surface area contributed by atoms with Gasteiger partial charge in [0, 0.05) is 25.5 Å². The van der Waals surface area contributed by atoms with Crippen LogP contribution in [0.2, 0.25) is 0 Å². The molecular formula is C18H19F3N4O. The largest absolute Gasteiger partial charge is 0.416 e. The molecule has 8 heteroatoms. The lowest BCUT2D eigenvalue weighted by Gasteiger charge is -2.11. The molecule has 0 aliphatic rings. The molecule has 138 valence electrons. The third-order valence-corrected chi connectivity index (χ3v) is 3.46. The number of anilines is 2. The summed E-state index contributed by atoms with van der Waals surface area (Å²) >= 11 is 0. The molecule has 2 N–H and O–H groups in total. The number of benzene rings is 2. The van der Waals surface area contributed by atoms with E-state index in [1.807, 2.05) is 43.3 Å². The third-order valence-electron chi connectivity index (χ3n) is 3.46. The summed E-state index contributed by atoms with van der Waals surface area (Å²) in [6.45, 7) is -0.196. The maximum atomic E-state index is 12.6. The molecule has 1 amide bonds. The van der Waals surface area contributed by atoms with Crippen molar-refractivity contribution in [3.8, 4) is 0 Å². The molecule has 0 saturated carbocycles. The summed E-state index contributed by atoms with van der Waals surface area (Å²) in [5.74, 6) is -0.469. The van der Waals surface area contributed by atoms with E-state index in [-0.39, 0.29) is 12.2 Å². The van der Waals surface area contributed by atoms with Gasteiger partial charge in [-0.15, -0.1) is 0 Å². The van der Waals surface area contributed by atoms with Crippen molar-refractivity contribution < 1.29 is 18.0 Å². The number of halogens is 3. The molecule has 0 spiro atoms. The second-order valence-electron chi connectivity index (χ2n) is 5.71. The second-order valence-corrected chi connectivity index (χ2v) is 5.71. The number of amides is 1. The first-order chi connectivity index (χ1) is 12.3. The zero-order chi connectivity index (χ0) is 19.2. The molecule has 0 saturated heterocycles. The van der Waals surface area contributed by atoms with Gasteiger partial charge in [-0.3, -0.25) is 4.79 Å². The minimum atomic E-state index is -4.42. The van der Waals surface area contributed by atoms with Gasteiger partial charge in [-0.2, -0.15) is 18.3 Å². The molecule has 2 aromatic rings. The number of nitrogens with one attached hydrogen (secondary N) is 2. The average molecular weight is 364 g/mol. The standard InChI is InChI=1S/C18H19F3N4O/c1-25(2)16-8-6-13(7-9-16)11-23-24-17(26)12-22-15-5-3-4-14(10-15)18(19,20)21/h3-11,22H,12H2,1-2H3,(H,24,26)/b23-11-. The maximum absolute atomic E-state index is 12.6. The molecule has 0 heterocycles. The molecule has 2 aromatic carbocycles. The molecule has 0 aliphatic heterocycles. The molecular weight excluding hydrogens is 345 g/mol. The van der Waals surface area contributed by atoms with Crippen LogP contribution in [0, 0.1) is 0 Å². The lowest BCUT2D eigenvalue weighted by molar-refractivity contribution is -0.137. The Bertz CT molecular complexity index is 771. The highest BCUT2D eigenvalue weighted by molar-refractivity contribution is 5.84. The number of carbonyl (C=O) groups is 1. The van der Waals surface area contributed by atoms with Gasteiger partial charge < -0.3 is 10.2 Å². The molecule has 0 atom stereocenters. The Balaban J connectivity index is 1.84. The summed E-state index contributed by atoms with van der Waals surface area (Å²) in [5.41, 5.74) is 3.60. The van der Waals surface area contributed by atoms with Crippen molar-refractivity contribution in [2.24, 2.45) is 5.10 Å². The van der Waals surface area contributed by atoms with Crippen molar-refractivity contribution >= 4 is 23.5 Å². The van der Waals surface area contributed by atoms with E-state index in [1.54, 1.807) is 0 Å². The molecule has 0 fully saturated rings. The van der Waals surface area contributed by atoms with Gasteiger partial charge in [-0.05, 0) is 35.9 Å². The summed E-state index contributed by atoms with van der Waals surface area (Å²) in [4.78, 5) is 13.7.